The van der Waals surface area contributed by atoms with Gasteiger partial charge >= 0.3 is 0 Å². The molecule has 10 nitrogen and oxygen atoms in total. The van der Waals surface area contributed by atoms with E-state index in [1.807, 2.05) is 18.2 Å². The van der Waals surface area contributed by atoms with E-state index < -0.39 is 10.0 Å². The third-order valence-corrected chi connectivity index (χ3v) is 9.54. The van der Waals surface area contributed by atoms with Crippen molar-refractivity contribution in [2.24, 2.45) is 11.1 Å². The molecular formula is C28H33N7O3S. The lowest BCUT2D eigenvalue weighted by Gasteiger charge is -2.30. The van der Waals surface area contributed by atoms with E-state index in [0.29, 0.717) is 38.2 Å². The molecule has 1 atom stereocenters. The molecule has 2 aromatic heterocycles. The van der Waals surface area contributed by atoms with Gasteiger partial charge in [-0.3, -0.25) is 0 Å². The van der Waals surface area contributed by atoms with Crippen molar-refractivity contribution in [2.75, 3.05) is 36.9 Å². The highest BCUT2D eigenvalue weighted by Crippen LogP contribution is 2.37. The van der Waals surface area contributed by atoms with Crippen molar-refractivity contribution in [3.05, 3.63) is 59.7 Å². The number of sulfonamides is 1. The molecule has 1 saturated heterocycles. The lowest BCUT2D eigenvalue weighted by molar-refractivity contribution is 0.331. The summed E-state index contributed by atoms with van der Waals surface area (Å²) >= 11 is 0. The number of allylic oxidation sites excluding steroid dienone is 1. The van der Waals surface area contributed by atoms with Crippen molar-refractivity contribution in [3.63, 3.8) is 0 Å². The van der Waals surface area contributed by atoms with E-state index in [1.165, 1.54) is 4.31 Å². The maximum absolute atomic E-state index is 13.3. The summed E-state index contributed by atoms with van der Waals surface area (Å²) in [7, 11) is -3.81. The zero-order valence-electron chi connectivity index (χ0n) is 22.2. The minimum atomic E-state index is -3.81. The lowest BCUT2D eigenvalue weighted by atomic mass is 9.81. The van der Waals surface area contributed by atoms with E-state index in [-0.39, 0.29) is 28.7 Å². The van der Waals surface area contributed by atoms with Crippen molar-refractivity contribution in [3.8, 4) is 16.9 Å². The first-order valence-corrected chi connectivity index (χ1v) is 14.6. The molecule has 0 bridgehead atoms. The van der Waals surface area contributed by atoms with Crippen LogP contribution in [-0.4, -0.2) is 60.0 Å². The summed E-state index contributed by atoms with van der Waals surface area (Å²) in [5.41, 5.74) is 16.6. The fourth-order valence-electron chi connectivity index (χ4n) is 5.51. The number of nitrogens with two attached hydrogens (primary N) is 2. The van der Waals surface area contributed by atoms with E-state index in [2.05, 4.69) is 45.9 Å². The van der Waals surface area contributed by atoms with Crippen LogP contribution in [0, 0.1) is 5.41 Å². The van der Waals surface area contributed by atoms with Crippen LogP contribution in [0.1, 0.15) is 37.1 Å². The van der Waals surface area contributed by atoms with Crippen molar-refractivity contribution in [2.45, 2.75) is 44.2 Å². The van der Waals surface area contributed by atoms with Crippen LogP contribution in [0.5, 0.6) is 5.75 Å². The second-order valence-electron chi connectivity index (χ2n) is 11.2. The Labute approximate surface area is 228 Å². The number of anilines is 2. The second-order valence-corrected chi connectivity index (χ2v) is 13.1. The first kappa shape index (κ1) is 25.7. The van der Waals surface area contributed by atoms with Crippen LogP contribution in [0.15, 0.2) is 47.8 Å². The van der Waals surface area contributed by atoms with Gasteiger partial charge in [0, 0.05) is 48.6 Å². The number of hydrogen-bond donors (Lipinski definition) is 2. The van der Waals surface area contributed by atoms with Crippen LogP contribution in [0.3, 0.4) is 0 Å². The van der Waals surface area contributed by atoms with Crippen LogP contribution >= 0.6 is 0 Å². The molecule has 4 heterocycles. The number of rotatable bonds is 4. The van der Waals surface area contributed by atoms with Crippen molar-refractivity contribution >= 4 is 27.7 Å². The highest BCUT2D eigenvalue weighted by molar-refractivity contribution is 7.89. The largest absolute Gasteiger partial charge is 0.491 e. The number of aromatic nitrogens is 3. The van der Waals surface area contributed by atoms with Gasteiger partial charge in [-0.15, -0.1) is 0 Å². The lowest BCUT2D eigenvalue weighted by Crippen LogP contribution is -2.32. The molecule has 0 radical (unpaired) electrons. The van der Waals surface area contributed by atoms with E-state index in [4.69, 9.17) is 16.2 Å². The average molecular weight is 548 g/mol. The van der Waals surface area contributed by atoms with Crippen LogP contribution in [0.2, 0.25) is 0 Å². The fourth-order valence-corrected chi connectivity index (χ4v) is 7.11. The third-order valence-electron chi connectivity index (χ3n) is 7.64. The number of benzene rings is 1. The van der Waals surface area contributed by atoms with Gasteiger partial charge < -0.3 is 21.1 Å². The molecule has 204 valence electrons. The summed E-state index contributed by atoms with van der Waals surface area (Å²) < 4.78 is 34.2. The minimum Gasteiger partial charge on any atom is -0.491 e. The summed E-state index contributed by atoms with van der Waals surface area (Å²) in [5.74, 6) is 1.70. The zero-order chi connectivity index (χ0) is 27.4. The molecule has 0 spiro atoms. The van der Waals surface area contributed by atoms with Gasteiger partial charge in [0.1, 0.15) is 35.2 Å². The fraction of sp³-hybridized carbons (Fsp3) is 0.393. The maximum atomic E-state index is 13.3. The molecule has 4 N–H and O–H groups in total. The van der Waals surface area contributed by atoms with Gasteiger partial charge in [0.05, 0.1) is 12.2 Å². The molecule has 11 heteroatoms. The Balaban J connectivity index is 1.34. The summed E-state index contributed by atoms with van der Waals surface area (Å²) in [6.45, 7) is 6.87. The molecule has 0 amide bonds. The zero-order valence-corrected chi connectivity index (χ0v) is 23.0. The number of ether oxygens (including phenoxy) is 1. The minimum absolute atomic E-state index is 0.00482. The highest BCUT2D eigenvalue weighted by atomic mass is 32.2. The molecule has 3 aliphatic rings. The summed E-state index contributed by atoms with van der Waals surface area (Å²) in [4.78, 5) is 15.7. The predicted molar refractivity (Wildman–Crippen MR) is 151 cm³/mol. The Kier molecular flexibility index (Phi) is 6.32. The summed E-state index contributed by atoms with van der Waals surface area (Å²) in [6, 6.07) is 7.31. The molecule has 39 heavy (non-hydrogen) atoms. The van der Waals surface area contributed by atoms with Crippen molar-refractivity contribution in [1.82, 2.24) is 19.3 Å². The number of pyridine rings is 1. The molecule has 3 aromatic rings. The van der Waals surface area contributed by atoms with Crippen LogP contribution in [0.4, 0.5) is 11.6 Å². The molecular weight excluding hydrogens is 514 g/mol. The molecule has 6 rings (SSSR count). The van der Waals surface area contributed by atoms with Crippen LogP contribution < -0.4 is 21.1 Å². The first-order chi connectivity index (χ1) is 18.6. The van der Waals surface area contributed by atoms with Gasteiger partial charge in [0.15, 0.2) is 0 Å². The van der Waals surface area contributed by atoms with Gasteiger partial charge in [-0.1, -0.05) is 26.0 Å². The van der Waals surface area contributed by atoms with Gasteiger partial charge in [-0.2, -0.15) is 4.31 Å². The van der Waals surface area contributed by atoms with E-state index in [0.717, 1.165) is 40.4 Å². The van der Waals surface area contributed by atoms with Gasteiger partial charge in [-0.05, 0) is 48.1 Å². The predicted octanol–water partition coefficient (Wildman–Crippen LogP) is 2.84. The maximum Gasteiger partial charge on any atom is 0.246 e. The smallest absolute Gasteiger partial charge is 0.246 e. The van der Waals surface area contributed by atoms with Crippen molar-refractivity contribution in [1.29, 1.82) is 0 Å². The molecule has 1 fully saturated rings. The molecule has 2 aliphatic heterocycles. The molecule has 0 saturated carbocycles. The Morgan fingerprint density at radius 2 is 1.95 bits per heavy atom. The normalized spacial score (nSPS) is 20.7. The second kappa shape index (κ2) is 9.58. The van der Waals surface area contributed by atoms with E-state index in [1.54, 1.807) is 18.6 Å². The highest BCUT2D eigenvalue weighted by Gasteiger charge is 2.33. The van der Waals surface area contributed by atoms with Gasteiger partial charge in [0.25, 0.3) is 0 Å². The molecule has 0 unspecified atom stereocenters. The monoisotopic (exact) mass is 547 g/mol. The standard InChI is InChI=1S/C28H33N7O3S/c1-28(2)7-5-23-22(13-28)27(33-17-32-23)34-9-10-38-24-4-3-18(11-20(24)15-34)19-12-25(26(30)31-14-19)39(36,37)35-8-6-21(29)16-35/h3-5,7,11-12,14,17,21H,6,8-10,13,15-16,29H2,1-2H3,(H2,30,31)/t21-/m1/s1. The average Bonchev–Trinajstić information content (AvgIpc) is 3.24. The Hall–Kier alpha value is -3.54. The Morgan fingerprint density at radius 1 is 1.10 bits per heavy atom. The Morgan fingerprint density at radius 3 is 2.74 bits per heavy atom. The summed E-state index contributed by atoms with van der Waals surface area (Å²) in [6.07, 6.45) is 8.99. The van der Waals surface area contributed by atoms with Gasteiger partial charge in [-0.25, -0.2) is 23.4 Å². The topological polar surface area (TPSA) is 141 Å². The summed E-state index contributed by atoms with van der Waals surface area (Å²) in [5, 5.41) is 0. The number of nitrogens with zero attached hydrogens (tertiary/aromatic N) is 5. The van der Waals surface area contributed by atoms with E-state index >= 15 is 0 Å². The number of hydrogen-bond acceptors (Lipinski definition) is 9. The SMILES string of the molecule is CC1(C)C=Cc2ncnc(N3CCOc4ccc(-c5cnc(N)c(S(=O)(=O)N6CC[C@@H](N)C6)c5)cc4C3)c2C1. The van der Waals surface area contributed by atoms with Crippen molar-refractivity contribution < 1.29 is 13.2 Å². The number of fused-ring (bicyclic) bond motifs is 2. The van der Waals surface area contributed by atoms with E-state index in [9.17, 15) is 8.42 Å². The first-order valence-electron chi connectivity index (χ1n) is 13.2. The number of nitrogen functional groups attached to an aromatic ring is 1. The van der Waals surface area contributed by atoms with Gasteiger partial charge in [0.2, 0.25) is 10.0 Å². The quantitative estimate of drug-likeness (QED) is 0.504. The van der Waals surface area contributed by atoms with Crippen LogP contribution in [0.25, 0.3) is 17.2 Å². The Bertz CT molecular complexity index is 1570. The molecule has 1 aliphatic carbocycles. The third kappa shape index (κ3) is 4.86. The molecule has 1 aromatic carbocycles. The van der Waals surface area contributed by atoms with Crippen LogP contribution in [-0.2, 0) is 23.0 Å².